The molecule has 154 valence electrons. The zero-order valence-corrected chi connectivity index (χ0v) is 16.2. The highest BCUT2D eigenvalue weighted by Crippen LogP contribution is 2.29. The van der Waals surface area contributed by atoms with Crippen molar-refractivity contribution < 1.29 is 24.6 Å². The van der Waals surface area contributed by atoms with Gasteiger partial charge in [-0.05, 0) is 42.9 Å². The second kappa shape index (κ2) is 10.8. The van der Waals surface area contributed by atoms with Gasteiger partial charge in [0.15, 0.2) is 0 Å². The average Bonchev–Trinajstić information content (AvgIpc) is 2.98. The Balaban J connectivity index is 1.99. The van der Waals surface area contributed by atoms with E-state index in [1.165, 1.54) is 4.90 Å². The van der Waals surface area contributed by atoms with Crippen molar-refractivity contribution in [3.8, 4) is 0 Å². The molecule has 0 radical (unpaired) electrons. The number of aryl methyl sites for hydroxylation is 1. The average molecular weight is 390 g/mol. The molecule has 1 aliphatic heterocycles. The monoisotopic (exact) mass is 390 g/mol. The third kappa shape index (κ3) is 5.79. The molecule has 28 heavy (non-hydrogen) atoms. The number of carbonyl (C=O) groups is 3. The van der Waals surface area contributed by atoms with E-state index in [1.807, 2.05) is 12.1 Å². The number of unbranched alkanes of at least 4 members (excludes halogenated alkanes) is 5. The largest absolute Gasteiger partial charge is 0.481 e. The number of amides is 2. The standard InChI is InChI=1S/C21H30N2O5/c22-20(27)18(11-12-19(25)26)23-14-17-15(9-7-10-16(17)21(23)28)8-5-3-1-2-4-6-13-24/h7,9-10,18,24H,1-6,8,11-14H2,(H2,22,27)(H,25,26). The summed E-state index contributed by atoms with van der Waals surface area (Å²) in [4.78, 5) is 36.9. The molecule has 1 atom stereocenters. The van der Waals surface area contributed by atoms with E-state index in [2.05, 4.69) is 0 Å². The van der Waals surface area contributed by atoms with Crippen LogP contribution >= 0.6 is 0 Å². The fraction of sp³-hybridized carbons (Fsp3) is 0.571. The van der Waals surface area contributed by atoms with E-state index in [1.54, 1.807) is 6.07 Å². The Labute approximate surface area is 165 Å². The number of hydrogen-bond acceptors (Lipinski definition) is 4. The molecular formula is C21H30N2O5. The summed E-state index contributed by atoms with van der Waals surface area (Å²) in [6.45, 7) is 0.549. The van der Waals surface area contributed by atoms with E-state index < -0.39 is 17.9 Å². The minimum atomic E-state index is -1.02. The molecule has 1 heterocycles. The van der Waals surface area contributed by atoms with E-state index >= 15 is 0 Å². The molecule has 1 aromatic rings. The summed E-state index contributed by atoms with van der Waals surface area (Å²) in [6, 6.07) is 4.71. The molecule has 0 fully saturated rings. The van der Waals surface area contributed by atoms with Gasteiger partial charge in [0.05, 0.1) is 0 Å². The normalized spacial score (nSPS) is 14.2. The molecule has 0 saturated carbocycles. The van der Waals surface area contributed by atoms with Crippen molar-refractivity contribution in [3.63, 3.8) is 0 Å². The predicted molar refractivity (Wildman–Crippen MR) is 105 cm³/mol. The minimum absolute atomic E-state index is 0.0214. The van der Waals surface area contributed by atoms with Crippen LogP contribution in [0.15, 0.2) is 18.2 Å². The van der Waals surface area contributed by atoms with Gasteiger partial charge in [-0.2, -0.15) is 0 Å². The lowest BCUT2D eigenvalue weighted by atomic mass is 9.98. The molecule has 1 aromatic carbocycles. The molecule has 0 bridgehead atoms. The number of aliphatic carboxylic acids is 1. The lowest BCUT2D eigenvalue weighted by molar-refractivity contribution is -0.137. The van der Waals surface area contributed by atoms with E-state index in [4.69, 9.17) is 15.9 Å². The first kappa shape index (κ1) is 21.9. The van der Waals surface area contributed by atoms with Crippen molar-refractivity contribution in [1.82, 2.24) is 4.90 Å². The van der Waals surface area contributed by atoms with Crippen LogP contribution in [0.5, 0.6) is 0 Å². The van der Waals surface area contributed by atoms with Gasteiger partial charge in [-0.25, -0.2) is 0 Å². The Morgan fingerprint density at radius 2 is 1.79 bits per heavy atom. The fourth-order valence-corrected chi connectivity index (χ4v) is 3.75. The van der Waals surface area contributed by atoms with Gasteiger partial charge < -0.3 is 20.8 Å². The molecule has 2 amide bonds. The van der Waals surface area contributed by atoms with Gasteiger partial charge in [0.1, 0.15) is 6.04 Å². The maximum absolute atomic E-state index is 12.8. The number of aliphatic hydroxyl groups is 1. The number of primary amides is 1. The first-order valence-electron chi connectivity index (χ1n) is 9.99. The van der Waals surface area contributed by atoms with Crippen LogP contribution < -0.4 is 5.73 Å². The number of carbonyl (C=O) groups excluding carboxylic acids is 2. The third-order valence-electron chi connectivity index (χ3n) is 5.28. The summed E-state index contributed by atoms with van der Waals surface area (Å²) in [6.07, 6.45) is 6.92. The summed E-state index contributed by atoms with van der Waals surface area (Å²) < 4.78 is 0. The second-order valence-corrected chi connectivity index (χ2v) is 7.32. The van der Waals surface area contributed by atoms with Crippen molar-refractivity contribution in [3.05, 3.63) is 34.9 Å². The van der Waals surface area contributed by atoms with Crippen molar-refractivity contribution in [2.75, 3.05) is 6.61 Å². The SMILES string of the molecule is NC(=O)C(CCC(=O)O)N1Cc2c(CCCCCCCCO)cccc2C1=O. The number of hydrogen-bond donors (Lipinski definition) is 3. The number of nitrogens with two attached hydrogens (primary N) is 1. The predicted octanol–water partition coefficient (Wildman–Crippen LogP) is 2.24. The number of rotatable bonds is 13. The second-order valence-electron chi connectivity index (χ2n) is 7.32. The molecule has 7 nitrogen and oxygen atoms in total. The summed E-state index contributed by atoms with van der Waals surface area (Å²) in [5.74, 6) is -1.95. The summed E-state index contributed by atoms with van der Waals surface area (Å²) >= 11 is 0. The molecular weight excluding hydrogens is 360 g/mol. The summed E-state index contributed by atoms with van der Waals surface area (Å²) in [7, 11) is 0. The molecule has 1 aliphatic rings. The Kier molecular flexibility index (Phi) is 8.44. The molecule has 0 spiro atoms. The topological polar surface area (TPSA) is 121 Å². The molecule has 2 rings (SSSR count). The van der Waals surface area contributed by atoms with Crippen LogP contribution in [0.25, 0.3) is 0 Å². The van der Waals surface area contributed by atoms with Gasteiger partial charge in [0.25, 0.3) is 5.91 Å². The Bertz CT molecular complexity index is 704. The van der Waals surface area contributed by atoms with E-state index in [0.29, 0.717) is 12.1 Å². The number of carboxylic acid groups (broad SMARTS) is 1. The molecule has 1 unspecified atom stereocenters. The molecule has 0 aromatic heterocycles. The van der Waals surface area contributed by atoms with Crippen LogP contribution in [0, 0.1) is 0 Å². The highest BCUT2D eigenvalue weighted by molar-refractivity contribution is 6.01. The van der Waals surface area contributed by atoms with Crippen LogP contribution in [0.1, 0.15) is 72.9 Å². The van der Waals surface area contributed by atoms with Gasteiger partial charge in [-0.1, -0.05) is 37.8 Å². The maximum Gasteiger partial charge on any atom is 0.303 e. The fourth-order valence-electron chi connectivity index (χ4n) is 3.75. The maximum atomic E-state index is 12.8. The molecule has 4 N–H and O–H groups in total. The van der Waals surface area contributed by atoms with Crippen LogP contribution in [-0.4, -0.2) is 45.5 Å². The summed E-state index contributed by atoms with van der Waals surface area (Å²) in [5, 5.41) is 17.7. The van der Waals surface area contributed by atoms with Crippen LogP contribution in [0.2, 0.25) is 0 Å². The number of nitrogens with zero attached hydrogens (tertiary/aromatic N) is 1. The molecule has 7 heteroatoms. The van der Waals surface area contributed by atoms with E-state index in [9.17, 15) is 14.4 Å². The van der Waals surface area contributed by atoms with Crippen molar-refractivity contribution in [2.24, 2.45) is 5.73 Å². The minimum Gasteiger partial charge on any atom is -0.481 e. The number of carboxylic acids is 1. The van der Waals surface area contributed by atoms with E-state index in [-0.39, 0.29) is 25.4 Å². The van der Waals surface area contributed by atoms with Gasteiger partial charge in [-0.3, -0.25) is 14.4 Å². The zero-order valence-electron chi connectivity index (χ0n) is 16.2. The van der Waals surface area contributed by atoms with Crippen LogP contribution in [-0.2, 0) is 22.6 Å². The zero-order chi connectivity index (χ0) is 20.5. The van der Waals surface area contributed by atoms with Gasteiger partial charge in [-0.15, -0.1) is 0 Å². The highest BCUT2D eigenvalue weighted by atomic mass is 16.4. The number of benzene rings is 1. The quantitative estimate of drug-likeness (QED) is 0.446. The smallest absolute Gasteiger partial charge is 0.303 e. The van der Waals surface area contributed by atoms with E-state index in [0.717, 1.165) is 56.1 Å². The lowest BCUT2D eigenvalue weighted by Crippen LogP contribution is -2.45. The van der Waals surface area contributed by atoms with Crippen LogP contribution in [0.3, 0.4) is 0 Å². The van der Waals surface area contributed by atoms with Crippen molar-refractivity contribution in [2.45, 2.75) is 70.4 Å². The number of aliphatic hydroxyl groups excluding tert-OH is 1. The molecule has 0 aliphatic carbocycles. The Morgan fingerprint density at radius 3 is 2.43 bits per heavy atom. The number of fused-ring (bicyclic) bond motifs is 1. The summed E-state index contributed by atoms with van der Waals surface area (Å²) in [5.41, 5.74) is 8.06. The van der Waals surface area contributed by atoms with Gasteiger partial charge in [0, 0.05) is 25.1 Å². The molecule has 0 saturated heterocycles. The van der Waals surface area contributed by atoms with Crippen molar-refractivity contribution in [1.29, 1.82) is 0 Å². The van der Waals surface area contributed by atoms with Gasteiger partial charge in [0.2, 0.25) is 5.91 Å². The Hall–Kier alpha value is -2.41. The van der Waals surface area contributed by atoms with Crippen LogP contribution in [0.4, 0.5) is 0 Å². The third-order valence-corrected chi connectivity index (χ3v) is 5.28. The van der Waals surface area contributed by atoms with Crippen molar-refractivity contribution >= 4 is 17.8 Å². The van der Waals surface area contributed by atoms with Gasteiger partial charge >= 0.3 is 5.97 Å². The first-order chi connectivity index (χ1) is 13.5. The lowest BCUT2D eigenvalue weighted by Gasteiger charge is -2.24. The Morgan fingerprint density at radius 1 is 1.11 bits per heavy atom. The highest BCUT2D eigenvalue weighted by Gasteiger charge is 2.36. The first-order valence-corrected chi connectivity index (χ1v) is 9.99.